The molecule has 0 aliphatic carbocycles. The third-order valence-electron chi connectivity index (χ3n) is 3.70. The molecule has 2 rings (SSSR count). The number of aryl methyl sites for hydroxylation is 3. The van der Waals surface area contributed by atoms with Gasteiger partial charge in [0.2, 0.25) is 10.0 Å². The van der Waals surface area contributed by atoms with Crippen LogP contribution >= 0.6 is 0 Å². The molecule has 1 heterocycles. The van der Waals surface area contributed by atoms with Crippen molar-refractivity contribution in [3.8, 4) is 0 Å². The van der Waals surface area contributed by atoms with Gasteiger partial charge in [-0.3, -0.25) is 4.90 Å². The highest BCUT2D eigenvalue weighted by molar-refractivity contribution is 7.89. The van der Waals surface area contributed by atoms with Crippen molar-refractivity contribution in [1.29, 1.82) is 0 Å². The standard InChI is InChI=1S/C15H24N2O3S/c1-12-10-13(2)15(14(3)11-12)21(18,19)16-4-5-17-6-8-20-9-7-17/h10-11,16H,4-9H2,1-3H3. The summed E-state index contributed by atoms with van der Waals surface area (Å²) in [6.45, 7) is 9.98. The summed E-state index contributed by atoms with van der Waals surface area (Å²) < 4.78 is 32.9. The lowest BCUT2D eigenvalue weighted by molar-refractivity contribution is 0.0390. The van der Waals surface area contributed by atoms with Crippen LogP contribution in [0.3, 0.4) is 0 Å². The second-order valence-corrected chi connectivity index (χ2v) is 7.28. The monoisotopic (exact) mass is 312 g/mol. The van der Waals surface area contributed by atoms with E-state index in [0.29, 0.717) is 18.0 Å². The maximum Gasteiger partial charge on any atom is 0.241 e. The van der Waals surface area contributed by atoms with Crippen molar-refractivity contribution >= 4 is 10.0 Å². The first-order valence-electron chi connectivity index (χ1n) is 7.28. The molecule has 21 heavy (non-hydrogen) atoms. The van der Waals surface area contributed by atoms with Gasteiger partial charge in [0.15, 0.2) is 0 Å². The third-order valence-corrected chi connectivity index (χ3v) is 5.46. The Morgan fingerprint density at radius 1 is 1.14 bits per heavy atom. The third kappa shape index (κ3) is 4.26. The van der Waals surface area contributed by atoms with E-state index in [0.717, 1.165) is 43.0 Å². The zero-order chi connectivity index (χ0) is 15.5. The van der Waals surface area contributed by atoms with Gasteiger partial charge in [0, 0.05) is 26.2 Å². The summed E-state index contributed by atoms with van der Waals surface area (Å²) in [5.41, 5.74) is 2.68. The van der Waals surface area contributed by atoms with Crippen LogP contribution in [0.5, 0.6) is 0 Å². The van der Waals surface area contributed by atoms with Crippen LogP contribution in [0, 0.1) is 20.8 Å². The van der Waals surface area contributed by atoms with E-state index in [9.17, 15) is 8.42 Å². The number of sulfonamides is 1. The highest BCUT2D eigenvalue weighted by Crippen LogP contribution is 2.21. The Bertz CT molecular complexity index is 570. The van der Waals surface area contributed by atoms with Gasteiger partial charge < -0.3 is 4.74 Å². The van der Waals surface area contributed by atoms with E-state index in [1.807, 2.05) is 32.9 Å². The minimum atomic E-state index is -3.45. The number of benzene rings is 1. The van der Waals surface area contributed by atoms with Crippen LogP contribution < -0.4 is 4.72 Å². The first-order chi connectivity index (χ1) is 9.90. The summed E-state index contributed by atoms with van der Waals surface area (Å²) in [5, 5.41) is 0. The highest BCUT2D eigenvalue weighted by atomic mass is 32.2. The summed E-state index contributed by atoms with van der Waals surface area (Å²) in [7, 11) is -3.45. The molecule has 0 atom stereocenters. The van der Waals surface area contributed by atoms with Gasteiger partial charge in [0.1, 0.15) is 0 Å². The Morgan fingerprint density at radius 2 is 1.71 bits per heavy atom. The molecule has 0 radical (unpaired) electrons. The van der Waals surface area contributed by atoms with E-state index in [1.54, 1.807) is 0 Å². The second-order valence-electron chi connectivity index (χ2n) is 5.58. The molecule has 0 saturated carbocycles. The number of hydrogen-bond donors (Lipinski definition) is 1. The van der Waals surface area contributed by atoms with E-state index < -0.39 is 10.0 Å². The summed E-state index contributed by atoms with van der Waals surface area (Å²) in [4.78, 5) is 2.62. The van der Waals surface area contributed by atoms with Gasteiger partial charge in [-0.15, -0.1) is 0 Å². The zero-order valence-corrected chi connectivity index (χ0v) is 13.8. The highest BCUT2D eigenvalue weighted by Gasteiger charge is 2.20. The topological polar surface area (TPSA) is 58.6 Å². The van der Waals surface area contributed by atoms with Gasteiger partial charge >= 0.3 is 0 Å². The Balaban J connectivity index is 2.01. The molecule has 118 valence electrons. The molecule has 1 aromatic rings. The van der Waals surface area contributed by atoms with Crippen LogP contribution in [0.25, 0.3) is 0 Å². The summed E-state index contributed by atoms with van der Waals surface area (Å²) in [6, 6.07) is 3.81. The summed E-state index contributed by atoms with van der Waals surface area (Å²) in [5.74, 6) is 0. The van der Waals surface area contributed by atoms with Crippen molar-refractivity contribution in [1.82, 2.24) is 9.62 Å². The molecule has 6 heteroatoms. The molecule has 1 N–H and O–H groups in total. The number of ether oxygens (including phenoxy) is 1. The zero-order valence-electron chi connectivity index (χ0n) is 13.0. The quantitative estimate of drug-likeness (QED) is 0.888. The summed E-state index contributed by atoms with van der Waals surface area (Å²) in [6.07, 6.45) is 0. The first kappa shape index (κ1) is 16.4. The molecule has 0 spiro atoms. The van der Waals surface area contributed by atoms with E-state index >= 15 is 0 Å². The number of hydrogen-bond acceptors (Lipinski definition) is 4. The molecule has 1 aliphatic rings. The Kier molecular flexibility index (Phi) is 5.37. The molecular weight excluding hydrogens is 288 g/mol. The largest absolute Gasteiger partial charge is 0.379 e. The van der Waals surface area contributed by atoms with E-state index in [2.05, 4.69) is 9.62 Å². The average molecular weight is 312 g/mol. The fraction of sp³-hybridized carbons (Fsp3) is 0.600. The molecule has 1 fully saturated rings. The lowest BCUT2D eigenvalue weighted by atomic mass is 10.1. The van der Waals surface area contributed by atoms with Gasteiger partial charge in [-0.05, 0) is 31.9 Å². The van der Waals surface area contributed by atoms with Crippen LogP contribution in [0.2, 0.25) is 0 Å². The smallest absolute Gasteiger partial charge is 0.241 e. The Labute approximate surface area is 127 Å². The van der Waals surface area contributed by atoms with Gasteiger partial charge in [0.05, 0.1) is 18.1 Å². The van der Waals surface area contributed by atoms with Gasteiger partial charge in [-0.25, -0.2) is 13.1 Å². The number of morpholine rings is 1. The second kappa shape index (κ2) is 6.87. The van der Waals surface area contributed by atoms with Gasteiger partial charge in [-0.2, -0.15) is 0 Å². The van der Waals surface area contributed by atoms with Crippen molar-refractivity contribution < 1.29 is 13.2 Å². The van der Waals surface area contributed by atoms with Gasteiger partial charge in [-0.1, -0.05) is 17.7 Å². The fourth-order valence-corrected chi connectivity index (χ4v) is 4.30. The first-order valence-corrected chi connectivity index (χ1v) is 8.76. The predicted molar refractivity (Wildman–Crippen MR) is 83.1 cm³/mol. The molecule has 1 aliphatic heterocycles. The lowest BCUT2D eigenvalue weighted by Gasteiger charge is -2.26. The SMILES string of the molecule is Cc1cc(C)c(S(=O)(=O)NCCN2CCOCC2)c(C)c1. The van der Waals surface area contributed by atoms with Crippen LogP contribution in [-0.4, -0.2) is 52.7 Å². The van der Waals surface area contributed by atoms with Crippen molar-refractivity contribution in [2.75, 3.05) is 39.4 Å². The Hall–Kier alpha value is -0.950. The van der Waals surface area contributed by atoms with Crippen molar-refractivity contribution in [2.45, 2.75) is 25.7 Å². The van der Waals surface area contributed by atoms with Crippen molar-refractivity contribution in [3.63, 3.8) is 0 Å². The minimum absolute atomic E-state index is 0.412. The maximum atomic E-state index is 12.5. The molecule has 0 amide bonds. The summed E-state index contributed by atoms with van der Waals surface area (Å²) >= 11 is 0. The molecule has 0 unspecified atom stereocenters. The lowest BCUT2D eigenvalue weighted by Crippen LogP contribution is -2.41. The molecule has 1 saturated heterocycles. The van der Waals surface area contributed by atoms with Crippen molar-refractivity contribution in [3.05, 3.63) is 28.8 Å². The number of rotatable bonds is 5. The minimum Gasteiger partial charge on any atom is -0.379 e. The van der Waals surface area contributed by atoms with Crippen LogP contribution in [0.4, 0.5) is 0 Å². The fourth-order valence-electron chi connectivity index (χ4n) is 2.83. The molecule has 0 aromatic heterocycles. The van der Waals surface area contributed by atoms with Crippen LogP contribution in [-0.2, 0) is 14.8 Å². The van der Waals surface area contributed by atoms with E-state index in [1.165, 1.54) is 0 Å². The maximum absolute atomic E-state index is 12.5. The van der Waals surface area contributed by atoms with Crippen LogP contribution in [0.1, 0.15) is 16.7 Å². The van der Waals surface area contributed by atoms with E-state index in [-0.39, 0.29) is 0 Å². The Morgan fingerprint density at radius 3 is 2.29 bits per heavy atom. The van der Waals surface area contributed by atoms with Gasteiger partial charge in [0.25, 0.3) is 0 Å². The number of nitrogens with zero attached hydrogens (tertiary/aromatic N) is 1. The predicted octanol–water partition coefficient (Wildman–Crippen LogP) is 1.22. The molecule has 1 aromatic carbocycles. The molecule has 5 nitrogen and oxygen atoms in total. The number of nitrogens with one attached hydrogen (secondary N) is 1. The van der Waals surface area contributed by atoms with Crippen molar-refractivity contribution in [2.24, 2.45) is 0 Å². The average Bonchev–Trinajstić information content (AvgIpc) is 2.38. The molecular formula is C15H24N2O3S. The molecule has 0 bridgehead atoms. The van der Waals surface area contributed by atoms with E-state index in [4.69, 9.17) is 4.74 Å². The normalized spacial score (nSPS) is 17.1. The van der Waals surface area contributed by atoms with Crippen LogP contribution in [0.15, 0.2) is 17.0 Å².